The van der Waals surface area contributed by atoms with Gasteiger partial charge in [0.05, 0.1) is 5.92 Å². The number of hydrogen-bond acceptors (Lipinski definition) is 5. The highest BCUT2D eigenvalue weighted by Crippen LogP contribution is 2.35. The quantitative estimate of drug-likeness (QED) is 0.712. The molecule has 0 radical (unpaired) electrons. The number of carbonyl (C=O) groups is 2. The van der Waals surface area contributed by atoms with Gasteiger partial charge in [-0.05, 0) is 30.7 Å². The van der Waals surface area contributed by atoms with E-state index in [1.165, 1.54) is 0 Å². The predicted molar refractivity (Wildman–Crippen MR) is 115 cm³/mol. The summed E-state index contributed by atoms with van der Waals surface area (Å²) in [6, 6.07) is 15.6. The fraction of sp³-hybridized carbons (Fsp3) is 0.391. The van der Waals surface area contributed by atoms with Crippen LogP contribution in [0.4, 0.5) is 11.4 Å². The lowest BCUT2D eigenvalue weighted by molar-refractivity contribution is -0.126. The third-order valence-electron chi connectivity index (χ3n) is 5.50. The van der Waals surface area contributed by atoms with E-state index in [0.717, 1.165) is 24.3 Å². The van der Waals surface area contributed by atoms with Crippen LogP contribution >= 0.6 is 0 Å². The number of anilines is 2. The van der Waals surface area contributed by atoms with E-state index >= 15 is 0 Å². The zero-order valence-electron chi connectivity index (χ0n) is 17.2. The summed E-state index contributed by atoms with van der Waals surface area (Å²) in [7, 11) is 2.04. The molecule has 30 heavy (non-hydrogen) atoms. The summed E-state index contributed by atoms with van der Waals surface area (Å²) in [5.41, 5.74) is 1.89. The van der Waals surface area contributed by atoms with Crippen molar-refractivity contribution in [1.82, 2.24) is 5.32 Å². The van der Waals surface area contributed by atoms with E-state index in [0.29, 0.717) is 37.8 Å². The average molecular weight is 409 g/mol. The molecule has 2 aliphatic rings. The lowest BCUT2D eigenvalue weighted by atomic mass is 10.1. The average Bonchev–Trinajstić information content (AvgIpc) is 3.18. The third kappa shape index (κ3) is 4.50. The van der Waals surface area contributed by atoms with Crippen LogP contribution in [0.2, 0.25) is 0 Å². The fourth-order valence-electron chi connectivity index (χ4n) is 3.82. The highest BCUT2D eigenvalue weighted by molar-refractivity contribution is 6.00. The van der Waals surface area contributed by atoms with E-state index in [2.05, 4.69) is 22.3 Å². The van der Waals surface area contributed by atoms with Gasteiger partial charge >= 0.3 is 0 Å². The Morgan fingerprint density at radius 2 is 1.90 bits per heavy atom. The number of carbonyl (C=O) groups excluding carboxylic acids is 2. The molecule has 0 spiro atoms. The van der Waals surface area contributed by atoms with Gasteiger partial charge < -0.3 is 24.6 Å². The van der Waals surface area contributed by atoms with Crippen LogP contribution in [0, 0.1) is 5.92 Å². The Hall–Kier alpha value is -3.22. The fourth-order valence-corrected chi connectivity index (χ4v) is 3.82. The summed E-state index contributed by atoms with van der Waals surface area (Å²) in [4.78, 5) is 28.9. The van der Waals surface area contributed by atoms with Crippen LogP contribution in [-0.2, 0) is 9.59 Å². The van der Waals surface area contributed by atoms with Crippen LogP contribution in [-0.4, -0.2) is 51.7 Å². The molecule has 4 rings (SSSR count). The number of nitrogens with one attached hydrogen (secondary N) is 1. The van der Waals surface area contributed by atoms with Crippen LogP contribution < -0.4 is 24.6 Å². The van der Waals surface area contributed by atoms with Gasteiger partial charge in [0.2, 0.25) is 11.8 Å². The summed E-state index contributed by atoms with van der Waals surface area (Å²) in [5, 5.41) is 2.98. The Kier molecular flexibility index (Phi) is 6.07. The minimum Gasteiger partial charge on any atom is -0.486 e. The summed E-state index contributed by atoms with van der Waals surface area (Å²) in [6.45, 7) is 2.84. The zero-order valence-corrected chi connectivity index (χ0v) is 17.2. The summed E-state index contributed by atoms with van der Waals surface area (Å²) >= 11 is 0. The Labute approximate surface area is 176 Å². The van der Waals surface area contributed by atoms with Crippen LogP contribution in [0.25, 0.3) is 0 Å². The SMILES string of the molecule is CN(CCCNC(=O)C1CC(=O)N(c2ccc3c(c2)OCCO3)C1)c1ccccc1. The molecule has 158 valence electrons. The van der Waals surface area contributed by atoms with Crippen molar-refractivity contribution in [3.8, 4) is 11.5 Å². The molecule has 0 saturated carbocycles. The van der Waals surface area contributed by atoms with Gasteiger partial charge in [0.1, 0.15) is 13.2 Å². The molecule has 2 amide bonds. The van der Waals surface area contributed by atoms with Crippen LogP contribution in [0.5, 0.6) is 11.5 Å². The van der Waals surface area contributed by atoms with Crippen molar-refractivity contribution in [2.24, 2.45) is 5.92 Å². The summed E-state index contributed by atoms with van der Waals surface area (Å²) in [5.74, 6) is 0.882. The molecule has 1 unspecified atom stereocenters. The molecule has 2 aromatic carbocycles. The van der Waals surface area contributed by atoms with Gasteiger partial charge in [-0.25, -0.2) is 0 Å². The molecule has 1 fully saturated rings. The predicted octanol–water partition coefficient (Wildman–Crippen LogP) is 2.45. The van der Waals surface area contributed by atoms with Crippen molar-refractivity contribution in [2.45, 2.75) is 12.8 Å². The minimum atomic E-state index is -0.336. The molecular weight excluding hydrogens is 382 g/mol. The Bertz CT molecular complexity index is 903. The van der Waals surface area contributed by atoms with Crippen LogP contribution in [0.15, 0.2) is 48.5 Å². The molecule has 2 aromatic rings. The Morgan fingerprint density at radius 1 is 1.13 bits per heavy atom. The highest BCUT2D eigenvalue weighted by Gasteiger charge is 2.35. The van der Waals surface area contributed by atoms with Gasteiger partial charge in [0.25, 0.3) is 0 Å². The van der Waals surface area contributed by atoms with Crippen molar-refractivity contribution < 1.29 is 19.1 Å². The molecule has 7 heteroatoms. The summed E-state index contributed by atoms with van der Waals surface area (Å²) in [6.07, 6.45) is 1.06. The van der Waals surface area contributed by atoms with Crippen LogP contribution in [0.3, 0.4) is 0 Å². The van der Waals surface area contributed by atoms with E-state index < -0.39 is 0 Å². The zero-order chi connectivity index (χ0) is 20.9. The number of amides is 2. The Morgan fingerprint density at radius 3 is 2.70 bits per heavy atom. The molecule has 0 bridgehead atoms. The maximum Gasteiger partial charge on any atom is 0.227 e. The van der Waals surface area contributed by atoms with Gasteiger partial charge in [-0.15, -0.1) is 0 Å². The topological polar surface area (TPSA) is 71.1 Å². The normalized spacial score (nSPS) is 17.7. The molecule has 0 aromatic heterocycles. The lowest BCUT2D eigenvalue weighted by Crippen LogP contribution is -2.34. The van der Waals surface area contributed by atoms with E-state index in [1.807, 2.05) is 43.4 Å². The Balaban J connectivity index is 1.26. The molecule has 1 saturated heterocycles. The smallest absolute Gasteiger partial charge is 0.227 e. The number of nitrogens with zero attached hydrogens (tertiary/aromatic N) is 2. The lowest BCUT2D eigenvalue weighted by Gasteiger charge is -2.22. The largest absolute Gasteiger partial charge is 0.486 e. The van der Waals surface area contributed by atoms with Gasteiger partial charge in [-0.3, -0.25) is 9.59 Å². The molecule has 1 atom stereocenters. The van der Waals surface area contributed by atoms with Crippen molar-refractivity contribution >= 4 is 23.2 Å². The molecular formula is C23H27N3O4. The molecule has 2 heterocycles. The first-order valence-corrected chi connectivity index (χ1v) is 10.4. The second-order valence-corrected chi connectivity index (χ2v) is 7.64. The van der Waals surface area contributed by atoms with E-state index in [-0.39, 0.29) is 24.2 Å². The number of rotatable bonds is 7. The molecule has 2 aliphatic heterocycles. The van der Waals surface area contributed by atoms with Crippen molar-refractivity contribution in [3.63, 3.8) is 0 Å². The number of benzene rings is 2. The monoisotopic (exact) mass is 409 g/mol. The van der Waals surface area contributed by atoms with Gasteiger partial charge in [-0.1, -0.05) is 18.2 Å². The minimum absolute atomic E-state index is 0.0457. The van der Waals surface area contributed by atoms with E-state index in [4.69, 9.17) is 9.47 Å². The van der Waals surface area contributed by atoms with Crippen molar-refractivity contribution in [3.05, 3.63) is 48.5 Å². The van der Waals surface area contributed by atoms with Crippen molar-refractivity contribution in [1.29, 1.82) is 0 Å². The number of para-hydroxylation sites is 1. The van der Waals surface area contributed by atoms with Crippen LogP contribution in [0.1, 0.15) is 12.8 Å². The maximum atomic E-state index is 12.6. The molecule has 0 aliphatic carbocycles. The third-order valence-corrected chi connectivity index (χ3v) is 5.50. The standard InChI is InChI=1S/C23H27N3O4/c1-25(18-6-3-2-4-7-18)11-5-10-24-23(28)17-14-22(27)26(16-17)19-8-9-20-21(15-19)30-13-12-29-20/h2-4,6-9,15,17H,5,10-14,16H2,1H3,(H,24,28). The highest BCUT2D eigenvalue weighted by atomic mass is 16.6. The van der Waals surface area contributed by atoms with Gasteiger partial charge in [-0.2, -0.15) is 0 Å². The number of ether oxygens (including phenoxy) is 2. The first-order valence-electron chi connectivity index (χ1n) is 10.4. The second kappa shape index (κ2) is 9.07. The van der Waals surface area contributed by atoms with Gasteiger partial charge in [0, 0.05) is 50.5 Å². The first-order chi connectivity index (χ1) is 14.6. The molecule has 7 nitrogen and oxygen atoms in total. The summed E-state index contributed by atoms with van der Waals surface area (Å²) < 4.78 is 11.1. The molecule has 1 N–H and O–H groups in total. The van der Waals surface area contributed by atoms with Gasteiger partial charge in [0.15, 0.2) is 11.5 Å². The van der Waals surface area contributed by atoms with Crippen molar-refractivity contribution in [2.75, 3.05) is 49.7 Å². The van der Waals surface area contributed by atoms with E-state index in [9.17, 15) is 9.59 Å². The first kappa shape index (κ1) is 20.1. The second-order valence-electron chi connectivity index (χ2n) is 7.64. The van der Waals surface area contributed by atoms with E-state index in [1.54, 1.807) is 4.90 Å². The maximum absolute atomic E-state index is 12.6. The number of hydrogen-bond donors (Lipinski definition) is 1. The number of fused-ring (bicyclic) bond motifs is 1.